The molecule has 0 amide bonds. The number of hydrogen-bond acceptors (Lipinski definition) is 2. The zero-order chi connectivity index (χ0) is 11.5. The predicted molar refractivity (Wildman–Crippen MR) is 69.1 cm³/mol. The van der Waals surface area contributed by atoms with Gasteiger partial charge in [0, 0.05) is 0 Å². The summed E-state index contributed by atoms with van der Waals surface area (Å²) >= 11 is 0. The van der Waals surface area contributed by atoms with Crippen LogP contribution in [0.1, 0.15) is 25.7 Å². The molecule has 0 saturated heterocycles. The SMILES string of the molecule is C1=C(/C=C/B2Oc3ccccc3O2)CCCC1. The summed E-state index contributed by atoms with van der Waals surface area (Å²) in [6, 6.07) is 7.78. The molecular weight excluding hydrogens is 211 g/mol. The molecular formula is C14H15BO2. The molecule has 0 radical (unpaired) electrons. The molecule has 0 atom stereocenters. The maximum atomic E-state index is 5.66. The molecule has 2 nitrogen and oxygen atoms in total. The molecule has 2 aliphatic rings. The monoisotopic (exact) mass is 226 g/mol. The summed E-state index contributed by atoms with van der Waals surface area (Å²) in [5.41, 5.74) is 1.40. The predicted octanol–water partition coefficient (Wildman–Crippen LogP) is 3.54. The fourth-order valence-corrected chi connectivity index (χ4v) is 2.21. The third-order valence-corrected chi connectivity index (χ3v) is 3.13. The maximum absolute atomic E-state index is 5.66. The number of rotatable bonds is 2. The highest BCUT2D eigenvalue weighted by Crippen LogP contribution is 2.32. The van der Waals surface area contributed by atoms with Gasteiger partial charge in [0.15, 0.2) is 0 Å². The van der Waals surface area contributed by atoms with Crippen LogP contribution in [-0.4, -0.2) is 7.12 Å². The van der Waals surface area contributed by atoms with Crippen LogP contribution in [0.4, 0.5) is 0 Å². The molecule has 17 heavy (non-hydrogen) atoms. The first kappa shape index (κ1) is 10.5. The van der Waals surface area contributed by atoms with Crippen LogP contribution in [0.5, 0.6) is 11.5 Å². The fraction of sp³-hybridized carbons (Fsp3) is 0.286. The summed E-state index contributed by atoms with van der Waals surface area (Å²) in [7, 11) is -0.268. The third-order valence-electron chi connectivity index (χ3n) is 3.13. The summed E-state index contributed by atoms with van der Waals surface area (Å²) in [5, 5.41) is 0. The largest absolute Gasteiger partial charge is 0.625 e. The van der Waals surface area contributed by atoms with Crippen molar-refractivity contribution in [1.29, 1.82) is 0 Å². The lowest BCUT2D eigenvalue weighted by Gasteiger charge is -2.08. The van der Waals surface area contributed by atoms with E-state index < -0.39 is 0 Å². The lowest BCUT2D eigenvalue weighted by atomic mass is 9.87. The van der Waals surface area contributed by atoms with Crippen molar-refractivity contribution in [2.75, 3.05) is 0 Å². The number of allylic oxidation sites excluding steroid dienone is 3. The summed E-state index contributed by atoms with van der Waals surface area (Å²) in [6.45, 7) is 0. The van der Waals surface area contributed by atoms with Crippen LogP contribution in [0.2, 0.25) is 0 Å². The minimum atomic E-state index is -0.268. The quantitative estimate of drug-likeness (QED) is 0.718. The second-order valence-electron chi connectivity index (χ2n) is 4.43. The zero-order valence-corrected chi connectivity index (χ0v) is 9.76. The first-order chi connectivity index (χ1) is 8.42. The Morgan fingerprint density at radius 1 is 1.06 bits per heavy atom. The van der Waals surface area contributed by atoms with E-state index in [4.69, 9.17) is 9.31 Å². The minimum absolute atomic E-state index is 0.268. The van der Waals surface area contributed by atoms with Gasteiger partial charge in [-0.25, -0.2) is 0 Å². The molecule has 1 aliphatic heterocycles. The lowest BCUT2D eigenvalue weighted by molar-refractivity contribution is 0.517. The Kier molecular flexibility index (Phi) is 2.91. The fourth-order valence-electron chi connectivity index (χ4n) is 2.21. The molecule has 1 heterocycles. The topological polar surface area (TPSA) is 18.5 Å². The van der Waals surface area contributed by atoms with Gasteiger partial charge in [0.25, 0.3) is 0 Å². The van der Waals surface area contributed by atoms with Crippen molar-refractivity contribution in [2.24, 2.45) is 0 Å². The van der Waals surface area contributed by atoms with Crippen molar-refractivity contribution in [3.8, 4) is 11.5 Å². The van der Waals surface area contributed by atoms with Gasteiger partial charge in [-0.3, -0.25) is 0 Å². The van der Waals surface area contributed by atoms with Crippen molar-refractivity contribution in [3.63, 3.8) is 0 Å². The van der Waals surface area contributed by atoms with Gasteiger partial charge in [0.2, 0.25) is 0 Å². The zero-order valence-electron chi connectivity index (χ0n) is 9.76. The normalized spacial score (nSPS) is 18.6. The van der Waals surface area contributed by atoms with Gasteiger partial charge in [-0.05, 0) is 43.8 Å². The molecule has 1 aromatic rings. The Morgan fingerprint density at radius 2 is 1.82 bits per heavy atom. The van der Waals surface area contributed by atoms with E-state index in [0.29, 0.717) is 0 Å². The van der Waals surface area contributed by atoms with Crippen LogP contribution in [0, 0.1) is 0 Å². The average Bonchev–Trinajstić information content (AvgIpc) is 2.80. The van der Waals surface area contributed by atoms with Crippen LogP contribution < -0.4 is 9.31 Å². The second-order valence-corrected chi connectivity index (χ2v) is 4.43. The van der Waals surface area contributed by atoms with Gasteiger partial charge in [-0.2, -0.15) is 0 Å². The smallest absolute Gasteiger partial charge is 0.520 e. The maximum Gasteiger partial charge on any atom is 0.625 e. The number of fused-ring (bicyclic) bond motifs is 1. The van der Waals surface area contributed by atoms with E-state index >= 15 is 0 Å². The molecule has 0 saturated carbocycles. The molecule has 0 bridgehead atoms. The van der Waals surface area contributed by atoms with Crippen LogP contribution in [0.15, 0.2) is 48.0 Å². The van der Waals surface area contributed by atoms with E-state index in [1.165, 1.54) is 31.3 Å². The van der Waals surface area contributed by atoms with Crippen molar-refractivity contribution < 1.29 is 9.31 Å². The Morgan fingerprint density at radius 3 is 2.47 bits per heavy atom. The first-order valence-corrected chi connectivity index (χ1v) is 6.21. The van der Waals surface area contributed by atoms with Crippen molar-refractivity contribution >= 4 is 7.12 Å². The molecule has 86 valence electrons. The number of hydrogen-bond donors (Lipinski definition) is 0. The van der Waals surface area contributed by atoms with E-state index in [1.54, 1.807) is 0 Å². The number of benzene rings is 1. The summed E-state index contributed by atoms with van der Waals surface area (Å²) in [6.07, 6.45) is 9.43. The van der Waals surface area contributed by atoms with Gasteiger partial charge in [-0.15, -0.1) is 0 Å². The van der Waals surface area contributed by atoms with Crippen molar-refractivity contribution in [1.82, 2.24) is 0 Å². The van der Waals surface area contributed by atoms with Gasteiger partial charge >= 0.3 is 7.12 Å². The summed E-state index contributed by atoms with van der Waals surface area (Å²) in [4.78, 5) is 0. The first-order valence-electron chi connectivity index (χ1n) is 6.21. The van der Waals surface area contributed by atoms with Crippen molar-refractivity contribution in [3.05, 3.63) is 48.0 Å². The van der Waals surface area contributed by atoms with E-state index in [1.807, 2.05) is 30.2 Å². The molecule has 1 aromatic carbocycles. The molecule has 0 aromatic heterocycles. The van der Waals surface area contributed by atoms with E-state index in [2.05, 4.69) is 12.2 Å². The Bertz CT molecular complexity index is 440. The van der Waals surface area contributed by atoms with Crippen molar-refractivity contribution in [2.45, 2.75) is 25.7 Å². The molecule has 0 unspecified atom stereocenters. The third kappa shape index (κ3) is 2.38. The average molecular weight is 226 g/mol. The van der Waals surface area contributed by atoms with Crippen LogP contribution >= 0.6 is 0 Å². The highest BCUT2D eigenvalue weighted by Gasteiger charge is 2.28. The molecule has 0 spiro atoms. The highest BCUT2D eigenvalue weighted by molar-refractivity contribution is 6.53. The van der Waals surface area contributed by atoms with Gasteiger partial charge in [-0.1, -0.05) is 29.9 Å². The Labute approximate surface area is 102 Å². The van der Waals surface area contributed by atoms with Gasteiger partial charge < -0.3 is 9.31 Å². The molecule has 0 N–H and O–H groups in total. The van der Waals surface area contributed by atoms with Crippen LogP contribution in [0.3, 0.4) is 0 Å². The lowest BCUT2D eigenvalue weighted by Crippen LogP contribution is -2.21. The molecule has 0 fully saturated rings. The van der Waals surface area contributed by atoms with Crippen LogP contribution in [0.25, 0.3) is 0 Å². The molecule has 3 rings (SSSR count). The van der Waals surface area contributed by atoms with Gasteiger partial charge in [0.1, 0.15) is 11.5 Å². The van der Waals surface area contributed by atoms with Crippen LogP contribution in [-0.2, 0) is 0 Å². The standard InChI is InChI=1S/C14H15BO2/c1-2-6-12(7-3-1)10-11-15-16-13-8-4-5-9-14(13)17-15/h4-6,8-11H,1-3,7H2/b11-10+. The van der Waals surface area contributed by atoms with E-state index in [0.717, 1.165) is 11.5 Å². The summed E-state index contributed by atoms with van der Waals surface area (Å²) < 4.78 is 11.3. The molecule has 1 aliphatic carbocycles. The molecule has 3 heteroatoms. The summed E-state index contributed by atoms with van der Waals surface area (Å²) in [5.74, 6) is 3.66. The minimum Gasteiger partial charge on any atom is -0.520 e. The van der Waals surface area contributed by atoms with E-state index in [-0.39, 0.29) is 7.12 Å². The highest BCUT2D eigenvalue weighted by atomic mass is 16.6. The Balaban J connectivity index is 1.65. The van der Waals surface area contributed by atoms with Gasteiger partial charge in [0.05, 0.1) is 0 Å². The van der Waals surface area contributed by atoms with E-state index in [9.17, 15) is 0 Å². The Hall–Kier alpha value is -1.64. The second kappa shape index (κ2) is 4.70. The number of para-hydroxylation sites is 2.